The lowest BCUT2D eigenvalue weighted by Crippen LogP contribution is -2.09. The highest BCUT2D eigenvalue weighted by molar-refractivity contribution is 9.10. The zero-order chi connectivity index (χ0) is 12.3. The minimum atomic E-state index is 0.198. The fourth-order valence-corrected chi connectivity index (χ4v) is 2.07. The summed E-state index contributed by atoms with van der Waals surface area (Å²) < 4.78 is 1.12. The van der Waals surface area contributed by atoms with Crippen LogP contribution in [-0.2, 0) is 0 Å². The Hall–Kier alpha value is -1.35. The molecule has 0 amide bonds. The molecule has 0 aliphatic heterocycles. The molecule has 88 valence electrons. The van der Waals surface area contributed by atoms with Crippen molar-refractivity contribution in [1.82, 2.24) is 4.98 Å². The maximum absolute atomic E-state index is 4.35. The standard InChI is InChI=1S/C14H15BrN2/c1-10-12(15)6-5-8-13(10)17-11(2)14-7-3-4-9-16-14/h3-9,11,17H,1-2H3. The van der Waals surface area contributed by atoms with Crippen LogP contribution in [0, 0.1) is 6.92 Å². The Bertz CT molecular complexity index is 497. The second-order valence-electron chi connectivity index (χ2n) is 4.03. The molecule has 0 fully saturated rings. The summed E-state index contributed by atoms with van der Waals surface area (Å²) in [6.45, 7) is 4.21. The van der Waals surface area contributed by atoms with Crippen LogP contribution in [0.3, 0.4) is 0 Å². The van der Waals surface area contributed by atoms with Crippen molar-refractivity contribution in [3.05, 3.63) is 58.3 Å². The normalized spacial score (nSPS) is 12.2. The number of aromatic nitrogens is 1. The molecule has 1 atom stereocenters. The lowest BCUT2D eigenvalue weighted by molar-refractivity contribution is 0.837. The van der Waals surface area contributed by atoms with Crippen LogP contribution in [0.5, 0.6) is 0 Å². The third-order valence-corrected chi connectivity index (χ3v) is 3.63. The Labute approximate surface area is 110 Å². The molecule has 2 rings (SSSR count). The van der Waals surface area contributed by atoms with Gasteiger partial charge in [0.1, 0.15) is 0 Å². The van der Waals surface area contributed by atoms with Crippen LogP contribution >= 0.6 is 15.9 Å². The predicted octanol–water partition coefficient (Wildman–Crippen LogP) is 4.33. The average molecular weight is 291 g/mol. The van der Waals surface area contributed by atoms with E-state index in [0.717, 1.165) is 15.9 Å². The molecule has 2 aromatic rings. The number of hydrogen-bond acceptors (Lipinski definition) is 2. The first kappa shape index (κ1) is 12.1. The first-order valence-electron chi connectivity index (χ1n) is 5.61. The molecule has 0 spiro atoms. The Morgan fingerprint density at radius 1 is 1.18 bits per heavy atom. The summed E-state index contributed by atoms with van der Waals surface area (Å²) in [5.74, 6) is 0. The van der Waals surface area contributed by atoms with E-state index in [1.807, 2.05) is 36.5 Å². The van der Waals surface area contributed by atoms with Crippen molar-refractivity contribution in [2.24, 2.45) is 0 Å². The van der Waals surface area contributed by atoms with Gasteiger partial charge in [0.2, 0.25) is 0 Å². The van der Waals surface area contributed by atoms with Crippen molar-refractivity contribution < 1.29 is 0 Å². The van der Waals surface area contributed by atoms with E-state index in [-0.39, 0.29) is 6.04 Å². The maximum Gasteiger partial charge on any atom is 0.0657 e. The van der Waals surface area contributed by atoms with Gasteiger partial charge in [0.05, 0.1) is 11.7 Å². The smallest absolute Gasteiger partial charge is 0.0657 e. The number of benzene rings is 1. The zero-order valence-corrected chi connectivity index (χ0v) is 11.5. The van der Waals surface area contributed by atoms with Crippen LogP contribution in [0.2, 0.25) is 0 Å². The Kier molecular flexibility index (Phi) is 3.79. The summed E-state index contributed by atoms with van der Waals surface area (Å²) in [5, 5.41) is 3.47. The Balaban J connectivity index is 2.19. The highest BCUT2D eigenvalue weighted by Gasteiger charge is 2.08. The van der Waals surface area contributed by atoms with Crippen molar-refractivity contribution in [2.75, 3.05) is 5.32 Å². The average Bonchev–Trinajstić information content (AvgIpc) is 2.36. The van der Waals surface area contributed by atoms with E-state index in [2.05, 4.69) is 46.1 Å². The van der Waals surface area contributed by atoms with Gasteiger partial charge in [0.15, 0.2) is 0 Å². The molecule has 0 aliphatic carbocycles. The molecule has 1 unspecified atom stereocenters. The van der Waals surface area contributed by atoms with E-state index < -0.39 is 0 Å². The van der Waals surface area contributed by atoms with Gasteiger partial charge in [-0.25, -0.2) is 0 Å². The number of hydrogen-bond donors (Lipinski definition) is 1. The van der Waals surface area contributed by atoms with Crippen molar-refractivity contribution in [3.63, 3.8) is 0 Å². The topological polar surface area (TPSA) is 24.9 Å². The summed E-state index contributed by atoms with van der Waals surface area (Å²) in [6.07, 6.45) is 1.82. The summed E-state index contributed by atoms with van der Waals surface area (Å²) in [4.78, 5) is 4.35. The van der Waals surface area contributed by atoms with Crippen molar-refractivity contribution in [2.45, 2.75) is 19.9 Å². The monoisotopic (exact) mass is 290 g/mol. The fourth-order valence-electron chi connectivity index (χ4n) is 1.70. The fraction of sp³-hybridized carbons (Fsp3) is 0.214. The van der Waals surface area contributed by atoms with E-state index in [4.69, 9.17) is 0 Å². The summed E-state index contributed by atoms with van der Waals surface area (Å²) in [7, 11) is 0. The Morgan fingerprint density at radius 2 is 2.00 bits per heavy atom. The minimum Gasteiger partial charge on any atom is -0.377 e. The molecule has 17 heavy (non-hydrogen) atoms. The van der Waals surface area contributed by atoms with Gasteiger partial charge in [-0.1, -0.05) is 28.1 Å². The van der Waals surface area contributed by atoms with Crippen LogP contribution in [-0.4, -0.2) is 4.98 Å². The Morgan fingerprint density at radius 3 is 2.71 bits per heavy atom. The van der Waals surface area contributed by atoms with Gasteiger partial charge in [0.25, 0.3) is 0 Å². The van der Waals surface area contributed by atoms with Gasteiger partial charge < -0.3 is 5.32 Å². The first-order chi connectivity index (χ1) is 8.18. The van der Waals surface area contributed by atoms with E-state index in [1.165, 1.54) is 5.56 Å². The second kappa shape index (κ2) is 5.32. The molecule has 0 saturated carbocycles. The van der Waals surface area contributed by atoms with Gasteiger partial charge in [0, 0.05) is 16.4 Å². The number of pyridine rings is 1. The summed E-state index contributed by atoms with van der Waals surface area (Å²) in [5.41, 5.74) is 3.40. The molecule has 1 aromatic carbocycles. The maximum atomic E-state index is 4.35. The molecule has 1 heterocycles. The molecule has 0 radical (unpaired) electrons. The van der Waals surface area contributed by atoms with Gasteiger partial charge in [-0.05, 0) is 43.7 Å². The lowest BCUT2D eigenvalue weighted by Gasteiger charge is -2.17. The first-order valence-corrected chi connectivity index (χ1v) is 6.40. The third-order valence-electron chi connectivity index (χ3n) is 2.77. The minimum absolute atomic E-state index is 0.198. The van der Waals surface area contributed by atoms with E-state index in [9.17, 15) is 0 Å². The van der Waals surface area contributed by atoms with Crippen molar-refractivity contribution in [3.8, 4) is 0 Å². The van der Waals surface area contributed by atoms with E-state index in [0.29, 0.717) is 0 Å². The van der Waals surface area contributed by atoms with Crippen molar-refractivity contribution >= 4 is 21.6 Å². The van der Waals surface area contributed by atoms with E-state index >= 15 is 0 Å². The van der Waals surface area contributed by atoms with Gasteiger partial charge in [-0.15, -0.1) is 0 Å². The number of nitrogens with zero attached hydrogens (tertiary/aromatic N) is 1. The van der Waals surface area contributed by atoms with Gasteiger partial charge in [-0.2, -0.15) is 0 Å². The van der Waals surface area contributed by atoms with Crippen LogP contribution < -0.4 is 5.32 Å². The third kappa shape index (κ3) is 2.86. The zero-order valence-electron chi connectivity index (χ0n) is 9.94. The van der Waals surface area contributed by atoms with Gasteiger partial charge in [-0.3, -0.25) is 4.98 Å². The van der Waals surface area contributed by atoms with Crippen LogP contribution in [0.4, 0.5) is 5.69 Å². The number of nitrogens with one attached hydrogen (secondary N) is 1. The highest BCUT2D eigenvalue weighted by Crippen LogP contribution is 2.26. The SMILES string of the molecule is Cc1c(Br)cccc1NC(C)c1ccccn1. The molecular weight excluding hydrogens is 276 g/mol. The van der Waals surface area contributed by atoms with Crippen LogP contribution in [0.15, 0.2) is 47.1 Å². The number of anilines is 1. The highest BCUT2D eigenvalue weighted by atomic mass is 79.9. The second-order valence-corrected chi connectivity index (χ2v) is 4.89. The summed E-state index contributed by atoms with van der Waals surface area (Å²) >= 11 is 3.54. The molecule has 1 N–H and O–H groups in total. The number of rotatable bonds is 3. The molecule has 1 aromatic heterocycles. The molecule has 3 heteroatoms. The summed E-state index contributed by atoms with van der Waals surface area (Å²) in [6, 6.07) is 12.3. The number of halogens is 1. The van der Waals surface area contributed by atoms with Crippen LogP contribution in [0.25, 0.3) is 0 Å². The van der Waals surface area contributed by atoms with E-state index in [1.54, 1.807) is 0 Å². The predicted molar refractivity (Wildman–Crippen MR) is 75.2 cm³/mol. The molecule has 0 bridgehead atoms. The van der Waals surface area contributed by atoms with Crippen molar-refractivity contribution in [1.29, 1.82) is 0 Å². The molecular formula is C14H15BrN2. The quantitative estimate of drug-likeness (QED) is 0.910. The molecule has 0 aliphatic rings. The molecule has 2 nitrogen and oxygen atoms in total. The largest absolute Gasteiger partial charge is 0.377 e. The molecule has 0 saturated heterocycles. The van der Waals surface area contributed by atoms with Crippen LogP contribution in [0.1, 0.15) is 24.2 Å². The lowest BCUT2D eigenvalue weighted by atomic mass is 10.1. The van der Waals surface area contributed by atoms with Gasteiger partial charge >= 0.3 is 0 Å².